The quantitative estimate of drug-likeness (QED) is 0.892. The van der Waals surface area contributed by atoms with Gasteiger partial charge in [0.05, 0.1) is 6.42 Å². The molecule has 0 aromatic heterocycles. The van der Waals surface area contributed by atoms with Crippen LogP contribution in [0, 0.1) is 0 Å². The number of nitrogens with zero attached hydrogens (tertiary/aromatic N) is 1. The summed E-state index contributed by atoms with van der Waals surface area (Å²) in [7, 11) is -0.736. The van der Waals surface area contributed by atoms with Crippen LogP contribution in [0.25, 0.3) is 0 Å². The van der Waals surface area contributed by atoms with E-state index in [4.69, 9.17) is 5.11 Å². The van der Waals surface area contributed by atoms with Crippen LogP contribution < -0.4 is 0 Å². The standard InChI is InChI=1S/C13H17NO3S/c15-13(16)10-12(11-4-2-1-3-5-11)14-6-8-18(17)9-7-14/h1-5,12H,6-10H2,(H,15,16). The molecule has 5 heteroatoms. The van der Waals surface area contributed by atoms with E-state index in [2.05, 4.69) is 4.90 Å². The number of carboxylic acids is 1. The van der Waals surface area contributed by atoms with Gasteiger partial charge in [-0.1, -0.05) is 30.3 Å². The molecule has 0 saturated carbocycles. The summed E-state index contributed by atoms with van der Waals surface area (Å²) < 4.78 is 11.4. The van der Waals surface area contributed by atoms with Crippen LogP contribution >= 0.6 is 0 Å². The summed E-state index contributed by atoms with van der Waals surface area (Å²) in [6.45, 7) is 1.42. The van der Waals surface area contributed by atoms with Crippen molar-refractivity contribution in [2.75, 3.05) is 24.6 Å². The summed E-state index contributed by atoms with van der Waals surface area (Å²) in [6.07, 6.45) is 0.0939. The molecule has 18 heavy (non-hydrogen) atoms. The topological polar surface area (TPSA) is 57.6 Å². The van der Waals surface area contributed by atoms with E-state index in [0.717, 1.165) is 5.56 Å². The zero-order chi connectivity index (χ0) is 13.0. The molecule has 1 aromatic carbocycles. The second-order valence-corrected chi connectivity index (χ2v) is 6.10. The second-order valence-electron chi connectivity index (χ2n) is 4.41. The molecule has 1 aliphatic rings. The monoisotopic (exact) mass is 267 g/mol. The molecule has 4 nitrogen and oxygen atoms in total. The number of benzene rings is 1. The van der Waals surface area contributed by atoms with Gasteiger partial charge >= 0.3 is 5.97 Å². The van der Waals surface area contributed by atoms with Gasteiger partial charge in [0, 0.05) is 41.4 Å². The highest BCUT2D eigenvalue weighted by Crippen LogP contribution is 2.25. The predicted molar refractivity (Wildman–Crippen MR) is 70.9 cm³/mol. The lowest BCUT2D eigenvalue weighted by Gasteiger charge is -2.33. The highest BCUT2D eigenvalue weighted by molar-refractivity contribution is 7.85. The van der Waals surface area contributed by atoms with E-state index >= 15 is 0 Å². The van der Waals surface area contributed by atoms with Gasteiger partial charge in [0.25, 0.3) is 0 Å². The Morgan fingerprint density at radius 3 is 2.44 bits per heavy atom. The Balaban J connectivity index is 2.15. The van der Waals surface area contributed by atoms with Crippen molar-refractivity contribution in [2.45, 2.75) is 12.5 Å². The molecule has 1 heterocycles. The van der Waals surface area contributed by atoms with Crippen LogP contribution in [0.1, 0.15) is 18.0 Å². The number of aliphatic carboxylic acids is 1. The van der Waals surface area contributed by atoms with Gasteiger partial charge in [-0.25, -0.2) is 0 Å². The number of hydrogen-bond acceptors (Lipinski definition) is 3. The Labute approximate surface area is 109 Å². The zero-order valence-electron chi connectivity index (χ0n) is 10.1. The summed E-state index contributed by atoms with van der Waals surface area (Å²) in [5.41, 5.74) is 1.02. The van der Waals surface area contributed by atoms with Crippen molar-refractivity contribution in [3.05, 3.63) is 35.9 Å². The minimum Gasteiger partial charge on any atom is -0.481 e. The molecule has 1 fully saturated rings. The smallest absolute Gasteiger partial charge is 0.305 e. The first kappa shape index (κ1) is 13.2. The Morgan fingerprint density at radius 1 is 1.28 bits per heavy atom. The van der Waals surface area contributed by atoms with Crippen LogP contribution in [-0.4, -0.2) is 44.8 Å². The van der Waals surface area contributed by atoms with Gasteiger partial charge in [0.1, 0.15) is 0 Å². The van der Waals surface area contributed by atoms with Crippen LogP contribution in [0.5, 0.6) is 0 Å². The van der Waals surface area contributed by atoms with Crippen molar-refractivity contribution in [3.63, 3.8) is 0 Å². The van der Waals surface area contributed by atoms with Gasteiger partial charge in [-0.05, 0) is 5.56 Å². The lowest BCUT2D eigenvalue weighted by atomic mass is 10.0. The average Bonchev–Trinajstić information content (AvgIpc) is 2.38. The van der Waals surface area contributed by atoms with E-state index in [0.29, 0.717) is 24.6 Å². The van der Waals surface area contributed by atoms with Crippen molar-refractivity contribution >= 4 is 16.8 Å². The molecular formula is C13H17NO3S. The fourth-order valence-corrected chi connectivity index (χ4v) is 3.34. The largest absolute Gasteiger partial charge is 0.481 e. The van der Waals surface area contributed by atoms with Gasteiger partial charge in [0.15, 0.2) is 0 Å². The molecule has 0 spiro atoms. The maximum atomic E-state index is 11.4. The molecule has 2 rings (SSSR count). The summed E-state index contributed by atoms with van der Waals surface area (Å²) in [5.74, 6) is 0.488. The first-order valence-electron chi connectivity index (χ1n) is 6.02. The van der Waals surface area contributed by atoms with Crippen LogP contribution in [0.2, 0.25) is 0 Å². The lowest BCUT2D eigenvalue weighted by Crippen LogP contribution is -2.40. The third kappa shape index (κ3) is 3.40. The SMILES string of the molecule is O=C(O)CC(c1ccccc1)N1CCS(=O)CC1. The molecule has 1 N–H and O–H groups in total. The zero-order valence-corrected chi connectivity index (χ0v) is 10.9. The van der Waals surface area contributed by atoms with Crippen molar-refractivity contribution in [3.8, 4) is 0 Å². The van der Waals surface area contributed by atoms with Gasteiger partial charge < -0.3 is 5.11 Å². The molecule has 0 amide bonds. The van der Waals surface area contributed by atoms with Crippen LogP contribution in [0.4, 0.5) is 0 Å². The van der Waals surface area contributed by atoms with Crippen molar-refractivity contribution < 1.29 is 14.1 Å². The summed E-state index contributed by atoms with van der Waals surface area (Å²) in [5, 5.41) is 9.04. The number of carbonyl (C=O) groups is 1. The van der Waals surface area contributed by atoms with E-state index in [1.54, 1.807) is 0 Å². The number of hydrogen-bond donors (Lipinski definition) is 1. The summed E-state index contributed by atoms with van der Waals surface area (Å²) >= 11 is 0. The fraction of sp³-hybridized carbons (Fsp3) is 0.462. The molecule has 1 unspecified atom stereocenters. The first-order chi connectivity index (χ1) is 8.66. The number of carboxylic acid groups (broad SMARTS) is 1. The van der Waals surface area contributed by atoms with Crippen LogP contribution in [0.3, 0.4) is 0 Å². The molecule has 1 atom stereocenters. The third-order valence-electron chi connectivity index (χ3n) is 3.21. The Kier molecular flexibility index (Phi) is 4.49. The van der Waals surface area contributed by atoms with Gasteiger partial charge in [-0.2, -0.15) is 0 Å². The number of rotatable bonds is 4. The maximum absolute atomic E-state index is 11.4. The van der Waals surface area contributed by atoms with Gasteiger partial charge in [-0.3, -0.25) is 13.9 Å². The minimum atomic E-state index is -0.796. The highest BCUT2D eigenvalue weighted by Gasteiger charge is 2.26. The normalized spacial score (nSPS) is 19.6. The Hall–Kier alpha value is -1.20. The third-order valence-corrected chi connectivity index (χ3v) is 4.48. The lowest BCUT2D eigenvalue weighted by molar-refractivity contribution is -0.138. The van der Waals surface area contributed by atoms with Crippen LogP contribution in [-0.2, 0) is 15.6 Å². The second kappa shape index (κ2) is 6.11. The molecule has 0 radical (unpaired) electrons. The van der Waals surface area contributed by atoms with Crippen molar-refractivity contribution in [1.82, 2.24) is 4.90 Å². The van der Waals surface area contributed by atoms with E-state index in [9.17, 15) is 9.00 Å². The van der Waals surface area contributed by atoms with E-state index < -0.39 is 16.8 Å². The van der Waals surface area contributed by atoms with Gasteiger partial charge in [-0.15, -0.1) is 0 Å². The first-order valence-corrected chi connectivity index (χ1v) is 7.51. The Morgan fingerprint density at radius 2 is 1.89 bits per heavy atom. The molecule has 0 bridgehead atoms. The minimum absolute atomic E-state index is 0.0939. The fourth-order valence-electron chi connectivity index (χ4n) is 2.26. The van der Waals surface area contributed by atoms with E-state index in [1.165, 1.54) is 0 Å². The predicted octanol–water partition coefficient (Wildman–Crippen LogP) is 1.27. The summed E-state index contributed by atoms with van der Waals surface area (Å²) in [4.78, 5) is 13.1. The van der Waals surface area contributed by atoms with Gasteiger partial charge in [0.2, 0.25) is 0 Å². The molecule has 1 aromatic rings. The van der Waals surface area contributed by atoms with E-state index in [-0.39, 0.29) is 12.5 Å². The average molecular weight is 267 g/mol. The molecule has 1 aliphatic heterocycles. The molecule has 98 valence electrons. The molecular weight excluding hydrogens is 250 g/mol. The highest BCUT2D eigenvalue weighted by atomic mass is 32.2. The summed E-state index contributed by atoms with van der Waals surface area (Å²) in [6, 6.07) is 9.57. The van der Waals surface area contributed by atoms with E-state index in [1.807, 2.05) is 30.3 Å². The Bertz CT molecular complexity index is 425. The molecule has 0 aliphatic carbocycles. The molecule has 1 saturated heterocycles. The van der Waals surface area contributed by atoms with Crippen molar-refractivity contribution in [2.24, 2.45) is 0 Å². The maximum Gasteiger partial charge on any atom is 0.305 e. The van der Waals surface area contributed by atoms with Crippen molar-refractivity contribution in [1.29, 1.82) is 0 Å². The van der Waals surface area contributed by atoms with Crippen LogP contribution in [0.15, 0.2) is 30.3 Å².